The number of hydrogen-bond donors (Lipinski definition) is 2. The molecule has 0 radical (unpaired) electrons. The molecule has 90 valence electrons. The van der Waals surface area contributed by atoms with Crippen LogP contribution in [0.3, 0.4) is 0 Å². The van der Waals surface area contributed by atoms with Crippen LogP contribution >= 0.6 is 0 Å². The third-order valence-corrected chi connectivity index (χ3v) is 2.57. The maximum atomic E-state index is 9.20. The molecule has 1 unspecified atom stereocenters. The molecule has 3 N–H and O–H groups in total. The molecule has 0 bridgehead atoms. The first-order valence-electron chi connectivity index (χ1n) is 5.61. The zero-order valence-electron chi connectivity index (χ0n) is 10.2. The van der Waals surface area contributed by atoms with Gasteiger partial charge in [-0.2, -0.15) is 0 Å². The predicted octanol–water partition coefficient (Wildman–Crippen LogP) is 1.31. The maximum absolute atomic E-state index is 9.20. The van der Waals surface area contributed by atoms with Crippen LogP contribution in [0.2, 0.25) is 0 Å². The molecule has 2 atom stereocenters. The summed E-state index contributed by atoms with van der Waals surface area (Å²) in [5.74, 6) is 0.907. The number of aliphatic hydroxyl groups excluding tert-OH is 1. The van der Waals surface area contributed by atoms with Crippen LogP contribution in [0, 0.1) is 0 Å². The van der Waals surface area contributed by atoms with Crippen molar-refractivity contribution in [1.29, 1.82) is 0 Å². The summed E-state index contributed by atoms with van der Waals surface area (Å²) in [5, 5.41) is 9.20. The highest BCUT2D eigenvalue weighted by Crippen LogP contribution is 2.13. The zero-order valence-corrected chi connectivity index (χ0v) is 10.2. The van der Waals surface area contributed by atoms with Crippen LogP contribution in [0.5, 0.6) is 0 Å². The van der Waals surface area contributed by atoms with Crippen molar-refractivity contribution in [2.75, 3.05) is 18.5 Å². The summed E-state index contributed by atoms with van der Waals surface area (Å²) in [6.45, 7) is 4.52. The largest absolute Gasteiger partial charge is 0.393 e. The lowest BCUT2D eigenvalue weighted by Crippen LogP contribution is -2.22. The van der Waals surface area contributed by atoms with Crippen molar-refractivity contribution >= 4 is 5.82 Å². The minimum atomic E-state index is -0.272. The molecule has 0 spiro atoms. The van der Waals surface area contributed by atoms with Gasteiger partial charge in [-0.1, -0.05) is 6.07 Å². The molecule has 4 nitrogen and oxygen atoms in total. The molecule has 1 aromatic heterocycles. The molecule has 1 heterocycles. The Hall–Kier alpha value is -1.13. The van der Waals surface area contributed by atoms with Gasteiger partial charge in [-0.05, 0) is 31.9 Å². The van der Waals surface area contributed by atoms with E-state index in [0.717, 1.165) is 24.3 Å². The summed E-state index contributed by atoms with van der Waals surface area (Å²) < 4.78 is 0. The first-order chi connectivity index (χ1) is 7.50. The summed E-state index contributed by atoms with van der Waals surface area (Å²) in [6.07, 6.45) is 2.28. The highest BCUT2D eigenvalue weighted by molar-refractivity contribution is 5.38. The molecule has 4 heteroatoms. The third kappa shape index (κ3) is 3.79. The summed E-state index contributed by atoms with van der Waals surface area (Å²) in [5.41, 5.74) is 6.79. The number of rotatable bonds is 5. The third-order valence-electron chi connectivity index (χ3n) is 2.57. The average molecular weight is 223 g/mol. The van der Waals surface area contributed by atoms with E-state index < -0.39 is 0 Å². The smallest absolute Gasteiger partial charge is 0.128 e. The lowest BCUT2D eigenvalue weighted by molar-refractivity contribution is 0.187. The summed E-state index contributed by atoms with van der Waals surface area (Å²) in [7, 11) is 1.97. The maximum Gasteiger partial charge on any atom is 0.128 e. The Kier molecular flexibility index (Phi) is 4.71. The Morgan fingerprint density at radius 3 is 2.56 bits per heavy atom. The number of nitrogens with two attached hydrogens (primary N) is 1. The van der Waals surface area contributed by atoms with Gasteiger partial charge in [-0.3, -0.25) is 0 Å². The molecule has 1 rings (SSSR count). The van der Waals surface area contributed by atoms with Gasteiger partial charge in [-0.15, -0.1) is 0 Å². The number of nitrogens with zero attached hydrogens (tertiary/aromatic N) is 2. The summed E-state index contributed by atoms with van der Waals surface area (Å²) in [6, 6.07) is 3.97. The van der Waals surface area contributed by atoms with Gasteiger partial charge in [0.25, 0.3) is 0 Å². The van der Waals surface area contributed by atoms with E-state index in [1.54, 1.807) is 13.1 Å². The van der Waals surface area contributed by atoms with E-state index >= 15 is 0 Å². The monoisotopic (exact) mass is 223 g/mol. The van der Waals surface area contributed by atoms with Gasteiger partial charge in [0, 0.05) is 25.8 Å². The van der Waals surface area contributed by atoms with E-state index in [1.165, 1.54) is 0 Å². The Balaban J connectivity index is 2.59. The van der Waals surface area contributed by atoms with Gasteiger partial charge in [0.1, 0.15) is 5.82 Å². The molecule has 0 aliphatic heterocycles. The van der Waals surface area contributed by atoms with Crippen LogP contribution in [0.4, 0.5) is 5.82 Å². The van der Waals surface area contributed by atoms with E-state index in [4.69, 9.17) is 5.73 Å². The summed E-state index contributed by atoms with van der Waals surface area (Å²) >= 11 is 0. The lowest BCUT2D eigenvalue weighted by atomic mass is 10.1. The Labute approximate surface area is 97.1 Å². The quantitative estimate of drug-likeness (QED) is 0.790. The normalized spacial score (nSPS) is 14.6. The topological polar surface area (TPSA) is 62.4 Å². The molecule has 0 aliphatic rings. The Morgan fingerprint density at radius 2 is 2.12 bits per heavy atom. The van der Waals surface area contributed by atoms with E-state index in [2.05, 4.69) is 4.98 Å². The second-order valence-corrected chi connectivity index (χ2v) is 4.30. The van der Waals surface area contributed by atoms with Crippen LogP contribution in [0.25, 0.3) is 0 Å². The molecule has 0 saturated carbocycles. The molecule has 0 aromatic carbocycles. The van der Waals surface area contributed by atoms with Gasteiger partial charge in [0.2, 0.25) is 0 Å². The predicted molar refractivity (Wildman–Crippen MR) is 66.4 cm³/mol. The summed E-state index contributed by atoms with van der Waals surface area (Å²) in [4.78, 5) is 6.37. The van der Waals surface area contributed by atoms with Crippen LogP contribution < -0.4 is 10.6 Å². The number of pyridine rings is 1. The molecule has 0 saturated heterocycles. The lowest BCUT2D eigenvalue weighted by Gasteiger charge is -2.19. The van der Waals surface area contributed by atoms with Crippen molar-refractivity contribution in [3.05, 3.63) is 23.9 Å². The van der Waals surface area contributed by atoms with Crippen molar-refractivity contribution < 1.29 is 5.11 Å². The fourth-order valence-corrected chi connectivity index (χ4v) is 1.39. The molecule has 16 heavy (non-hydrogen) atoms. The molecule has 1 aromatic rings. The fraction of sp³-hybridized carbons (Fsp3) is 0.583. The van der Waals surface area contributed by atoms with Crippen LogP contribution in [-0.2, 0) is 0 Å². The second-order valence-electron chi connectivity index (χ2n) is 4.30. The number of aliphatic hydroxyl groups is 1. The van der Waals surface area contributed by atoms with E-state index in [0.29, 0.717) is 0 Å². The van der Waals surface area contributed by atoms with Crippen molar-refractivity contribution in [3.63, 3.8) is 0 Å². The van der Waals surface area contributed by atoms with Gasteiger partial charge in [-0.25, -0.2) is 4.98 Å². The zero-order chi connectivity index (χ0) is 12.1. The molecule has 0 aliphatic carbocycles. The molecule has 0 fully saturated rings. The van der Waals surface area contributed by atoms with E-state index in [-0.39, 0.29) is 12.1 Å². The van der Waals surface area contributed by atoms with Crippen LogP contribution in [0.1, 0.15) is 31.9 Å². The van der Waals surface area contributed by atoms with Crippen molar-refractivity contribution in [3.8, 4) is 0 Å². The van der Waals surface area contributed by atoms with Crippen LogP contribution in [0.15, 0.2) is 18.3 Å². The first-order valence-corrected chi connectivity index (χ1v) is 5.61. The fourth-order valence-electron chi connectivity index (χ4n) is 1.39. The first kappa shape index (κ1) is 12.9. The van der Waals surface area contributed by atoms with Gasteiger partial charge in [0.15, 0.2) is 0 Å². The minimum absolute atomic E-state index is 0.0179. The van der Waals surface area contributed by atoms with Crippen molar-refractivity contribution in [2.45, 2.75) is 32.4 Å². The highest BCUT2D eigenvalue weighted by Gasteiger charge is 2.05. The van der Waals surface area contributed by atoms with Crippen molar-refractivity contribution in [2.24, 2.45) is 5.73 Å². The highest BCUT2D eigenvalue weighted by atomic mass is 16.3. The van der Waals surface area contributed by atoms with Gasteiger partial charge < -0.3 is 15.7 Å². The Bertz CT molecular complexity index is 309. The minimum Gasteiger partial charge on any atom is -0.393 e. The second kappa shape index (κ2) is 5.82. The van der Waals surface area contributed by atoms with E-state index in [1.807, 2.05) is 31.0 Å². The van der Waals surface area contributed by atoms with Crippen LogP contribution in [-0.4, -0.2) is 29.8 Å². The molecular weight excluding hydrogens is 202 g/mol. The van der Waals surface area contributed by atoms with Crippen molar-refractivity contribution in [1.82, 2.24) is 4.98 Å². The SMILES string of the molecule is CC(O)CCN(C)c1ccc([C@H](C)N)cn1. The van der Waals surface area contributed by atoms with Gasteiger partial charge >= 0.3 is 0 Å². The number of anilines is 1. The molecular formula is C12H21N3O. The van der Waals surface area contributed by atoms with E-state index in [9.17, 15) is 5.11 Å². The number of hydrogen-bond acceptors (Lipinski definition) is 4. The van der Waals surface area contributed by atoms with Gasteiger partial charge in [0.05, 0.1) is 6.10 Å². The standard InChI is InChI=1S/C12H21N3O/c1-9(16)6-7-15(3)12-5-4-11(8-14-12)10(2)13/h4-5,8-10,16H,6-7,13H2,1-3H3/t9?,10-/m0/s1. The molecule has 0 amide bonds. The Morgan fingerprint density at radius 1 is 1.44 bits per heavy atom. The number of aromatic nitrogens is 1. The average Bonchev–Trinajstić information content (AvgIpc) is 2.26.